The number of halogens is 1. The number of hydrogen-bond donors (Lipinski definition) is 4. The molecule has 2 aromatic carbocycles. The van der Waals surface area contributed by atoms with Crippen LogP contribution in [-0.4, -0.2) is 45.3 Å². The maximum Gasteiger partial charge on any atom is 0.115 e. The topological polar surface area (TPSA) is 90.2 Å². The first kappa shape index (κ1) is 18.2. The Kier molecular flexibility index (Phi) is 5.61. The summed E-state index contributed by atoms with van der Waals surface area (Å²) in [6, 6.07) is 12.2. The molecule has 4 N–H and O–H groups in total. The molecule has 4 unspecified atom stereocenters. The second-order valence-electron chi connectivity index (χ2n) is 6.35. The lowest BCUT2D eigenvalue weighted by Crippen LogP contribution is -2.44. The largest absolute Gasteiger partial charge is 0.508 e. The number of aliphatic hydroxyl groups excluding tert-OH is 3. The van der Waals surface area contributed by atoms with E-state index in [-0.39, 0.29) is 18.8 Å². The van der Waals surface area contributed by atoms with E-state index in [2.05, 4.69) is 0 Å². The highest BCUT2D eigenvalue weighted by Gasteiger charge is 2.37. The Balaban J connectivity index is 1.86. The molecule has 0 aromatic heterocycles. The van der Waals surface area contributed by atoms with Crippen LogP contribution in [0.5, 0.6) is 5.75 Å². The molecular weight excluding hydrogens is 344 g/mol. The summed E-state index contributed by atoms with van der Waals surface area (Å²) in [6.07, 6.45) is -2.50. The molecule has 2 aromatic rings. The zero-order valence-electron chi connectivity index (χ0n) is 13.5. The Morgan fingerprint density at radius 1 is 1.08 bits per heavy atom. The molecule has 134 valence electrons. The van der Waals surface area contributed by atoms with Gasteiger partial charge in [-0.2, -0.15) is 0 Å². The molecule has 1 aliphatic rings. The molecule has 1 aliphatic heterocycles. The molecule has 0 saturated carbocycles. The van der Waals surface area contributed by atoms with Crippen LogP contribution in [0.15, 0.2) is 42.5 Å². The van der Waals surface area contributed by atoms with E-state index in [0.29, 0.717) is 17.0 Å². The quantitative estimate of drug-likeness (QED) is 0.667. The lowest BCUT2D eigenvalue weighted by atomic mass is 9.91. The van der Waals surface area contributed by atoms with Crippen molar-refractivity contribution in [3.8, 4) is 5.75 Å². The smallest absolute Gasteiger partial charge is 0.115 e. The minimum Gasteiger partial charge on any atom is -0.508 e. The van der Waals surface area contributed by atoms with Crippen LogP contribution in [-0.2, 0) is 11.2 Å². The summed E-state index contributed by atoms with van der Waals surface area (Å²) >= 11 is 6.30. The number of hydrogen-bond acceptors (Lipinski definition) is 5. The average Bonchev–Trinajstić information content (AvgIpc) is 2.61. The highest BCUT2D eigenvalue weighted by atomic mass is 35.5. The van der Waals surface area contributed by atoms with Crippen molar-refractivity contribution >= 4 is 11.6 Å². The summed E-state index contributed by atoms with van der Waals surface area (Å²) in [5, 5.41) is 39.6. The molecule has 25 heavy (non-hydrogen) atoms. The Morgan fingerprint density at radius 3 is 2.48 bits per heavy atom. The Labute approximate surface area is 151 Å². The Bertz CT molecular complexity index is 718. The first-order chi connectivity index (χ1) is 12.0. The minimum absolute atomic E-state index is 0.197. The predicted octanol–water partition coefficient (Wildman–Crippen LogP) is 2.18. The number of aromatic hydroxyl groups is 1. The number of ether oxygens (including phenoxy) is 1. The first-order valence-electron chi connectivity index (χ1n) is 8.16. The fourth-order valence-corrected chi connectivity index (χ4v) is 3.27. The summed E-state index contributed by atoms with van der Waals surface area (Å²) in [7, 11) is 0. The zero-order valence-corrected chi connectivity index (χ0v) is 14.3. The van der Waals surface area contributed by atoms with Gasteiger partial charge in [0.25, 0.3) is 0 Å². The molecule has 6 heteroatoms. The van der Waals surface area contributed by atoms with Crippen LogP contribution < -0.4 is 0 Å². The van der Waals surface area contributed by atoms with Gasteiger partial charge in [-0.3, -0.25) is 0 Å². The van der Waals surface area contributed by atoms with Gasteiger partial charge in [-0.05, 0) is 41.3 Å². The molecule has 0 radical (unpaired) electrons. The van der Waals surface area contributed by atoms with Crippen LogP contribution in [0.25, 0.3) is 0 Å². The van der Waals surface area contributed by atoms with E-state index in [9.17, 15) is 20.4 Å². The standard InChI is InChI=1S/C19H21ClO5/c20-16-6-3-12(19-18(24)17(23)9-15(10-21)25-19)8-13(16)7-11-1-4-14(22)5-2-11/h1-6,8,15,17-19,21-24H,7,9-10H2. The summed E-state index contributed by atoms with van der Waals surface area (Å²) in [5.74, 6) is 0.200. The first-order valence-corrected chi connectivity index (χ1v) is 8.54. The second-order valence-corrected chi connectivity index (χ2v) is 6.76. The van der Waals surface area contributed by atoms with Crippen molar-refractivity contribution in [2.45, 2.75) is 37.3 Å². The maximum atomic E-state index is 10.3. The Morgan fingerprint density at radius 2 is 1.80 bits per heavy atom. The summed E-state index contributed by atoms with van der Waals surface area (Å²) in [5.41, 5.74) is 2.53. The summed E-state index contributed by atoms with van der Waals surface area (Å²) < 4.78 is 5.73. The van der Waals surface area contributed by atoms with Crippen molar-refractivity contribution in [3.63, 3.8) is 0 Å². The minimum atomic E-state index is -1.06. The van der Waals surface area contributed by atoms with Gasteiger partial charge < -0.3 is 25.2 Å². The van der Waals surface area contributed by atoms with E-state index < -0.39 is 24.4 Å². The van der Waals surface area contributed by atoms with Gasteiger partial charge in [0.15, 0.2) is 0 Å². The molecule has 3 rings (SSSR count). The third-order valence-electron chi connectivity index (χ3n) is 4.48. The van der Waals surface area contributed by atoms with Crippen molar-refractivity contribution < 1.29 is 25.2 Å². The fourth-order valence-electron chi connectivity index (χ4n) is 3.09. The molecule has 4 atom stereocenters. The van der Waals surface area contributed by atoms with Crippen LogP contribution in [0.3, 0.4) is 0 Å². The van der Waals surface area contributed by atoms with Crippen molar-refractivity contribution in [3.05, 3.63) is 64.2 Å². The molecular formula is C19H21ClO5. The van der Waals surface area contributed by atoms with Gasteiger partial charge >= 0.3 is 0 Å². The van der Waals surface area contributed by atoms with Crippen LogP contribution >= 0.6 is 11.6 Å². The number of rotatable bonds is 4. The lowest BCUT2D eigenvalue weighted by molar-refractivity contribution is -0.179. The Hall–Kier alpha value is -1.63. The van der Waals surface area contributed by atoms with Gasteiger partial charge in [0.05, 0.1) is 18.8 Å². The highest BCUT2D eigenvalue weighted by molar-refractivity contribution is 6.31. The highest BCUT2D eigenvalue weighted by Crippen LogP contribution is 2.34. The van der Waals surface area contributed by atoms with Crippen LogP contribution in [0.4, 0.5) is 0 Å². The number of aliphatic hydroxyl groups is 3. The van der Waals surface area contributed by atoms with Crippen molar-refractivity contribution in [1.29, 1.82) is 0 Å². The second kappa shape index (κ2) is 7.72. The number of benzene rings is 2. The normalized spacial score (nSPS) is 26.6. The maximum absolute atomic E-state index is 10.3. The molecule has 1 saturated heterocycles. The van der Waals surface area contributed by atoms with Gasteiger partial charge in [-0.15, -0.1) is 0 Å². The lowest BCUT2D eigenvalue weighted by Gasteiger charge is -2.37. The van der Waals surface area contributed by atoms with E-state index in [1.54, 1.807) is 24.3 Å². The van der Waals surface area contributed by atoms with Gasteiger partial charge in [0.1, 0.15) is 18.0 Å². The molecule has 0 bridgehead atoms. The van der Waals surface area contributed by atoms with Gasteiger partial charge in [0, 0.05) is 11.4 Å². The molecule has 1 heterocycles. The van der Waals surface area contributed by atoms with Crippen molar-refractivity contribution in [2.24, 2.45) is 0 Å². The van der Waals surface area contributed by atoms with Gasteiger partial charge in [-0.25, -0.2) is 0 Å². The van der Waals surface area contributed by atoms with Crippen LogP contribution in [0, 0.1) is 0 Å². The van der Waals surface area contributed by atoms with Crippen molar-refractivity contribution in [1.82, 2.24) is 0 Å². The van der Waals surface area contributed by atoms with Crippen LogP contribution in [0.1, 0.15) is 29.2 Å². The number of phenols is 1. The average molecular weight is 365 g/mol. The van der Waals surface area contributed by atoms with Crippen LogP contribution in [0.2, 0.25) is 5.02 Å². The van der Waals surface area contributed by atoms with E-state index in [1.807, 2.05) is 18.2 Å². The molecule has 0 amide bonds. The van der Waals surface area contributed by atoms with E-state index in [0.717, 1.165) is 11.1 Å². The fraction of sp³-hybridized carbons (Fsp3) is 0.368. The zero-order chi connectivity index (χ0) is 18.0. The monoisotopic (exact) mass is 364 g/mol. The van der Waals surface area contributed by atoms with Gasteiger partial charge in [0.2, 0.25) is 0 Å². The van der Waals surface area contributed by atoms with E-state index in [4.69, 9.17) is 16.3 Å². The predicted molar refractivity (Wildman–Crippen MR) is 93.7 cm³/mol. The van der Waals surface area contributed by atoms with E-state index in [1.165, 1.54) is 0 Å². The molecule has 1 fully saturated rings. The molecule has 5 nitrogen and oxygen atoms in total. The summed E-state index contributed by atoms with van der Waals surface area (Å²) in [6.45, 7) is -0.214. The third-order valence-corrected chi connectivity index (χ3v) is 4.85. The summed E-state index contributed by atoms with van der Waals surface area (Å²) in [4.78, 5) is 0. The van der Waals surface area contributed by atoms with E-state index >= 15 is 0 Å². The van der Waals surface area contributed by atoms with Gasteiger partial charge in [-0.1, -0.05) is 35.9 Å². The molecule has 0 spiro atoms. The molecule has 0 aliphatic carbocycles. The number of phenolic OH excluding ortho intramolecular Hbond substituents is 1. The third kappa shape index (κ3) is 4.14. The van der Waals surface area contributed by atoms with Crippen molar-refractivity contribution in [2.75, 3.05) is 6.61 Å². The SMILES string of the molecule is OCC1CC(O)C(O)C(c2ccc(Cl)c(Cc3ccc(O)cc3)c2)O1.